The molecule has 108 valence electrons. The number of hydrogen-bond acceptors (Lipinski definition) is 3. The van der Waals surface area contributed by atoms with Crippen molar-refractivity contribution in [1.29, 1.82) is 0 Å². The second-order valence-corrected chi connectivity index (χ2v) is 4.63. The molecule has 0 saturated carbocycles. The minimum absolute atomic E-state index is 0.178. The molecule has 6 heteroatoms. The molecule has 0 spiro atoms. The molecule has 5 nitrogen and oxygen atoms in total. The van der Waals surface area contributed by atoms with Crippen molar-refractivity contribution in [3.63, 3.8) is 0 Å². The highest BCUT2D eigenvalue weighted by Crippen LogP contribution is 2.16. The Labute approximate surface area is 128 Å². The Morgan fingerprint density at radius 3 is 3.00 bits per heavy atom. The fraction of sp³-hybridized carbons (Fsp3) is 0.200. The Kier molecular flexibility index (Phi) is 5.38. The molecule has 1 aromatic carbocycles. The molecule has 21 heavy (non-hydrogen) atoms. The lowest BCUT2D eigenvalue weighted by molar-refractivity contribution is 0.0952. The SMILES string of the molecule is NCC#Cc1ccc(C(=O)NCCn2cccn2)cc1Cl. The molecule has 2 aromatic rings. The van der Waals surface area contributed by atoms with Crippen LogP contribution < -0.4 is 11.1 Å². The van der Waals surface area contributed by atoms with Gasteiger partial charge in [0, 0.05) is 30.1 Å². The van der Waals surface area contributed by atoms with Crippen LogP contribution >= 0.6 is 11.6 Å². The lowest BCUT2D eigenvalue weighted by Crippen LogP contribution is -2.27. The van der Waals surface area contributed by atoms with Crippen LogP contribution in [-0.4, -0.2) is 28.8 Å². The van der Waals surface area contributed by atoms with Crippen molar-refractivity contribution in [2.24, 2.45) is 5.73 Å². The maximum Gasteiger partial charge on any atom is 0.251 e. The van der Waals surface area contributed by atoms with E-state index in [-0.39, 0.29) is 12.5 Å². The van der Waals surface area contributed by atoms with Gasteiger partial charge in [0.25, 0.3) is 5.91 Å². The van der Waals surface area contributed by atoms with Crippen LogP contribution in [-0.2, 0) is 6.54 Å². The lowest BCUT2D eigenvalue weighted by Gasteiger charge is -2.06. The molecule has 0 unspecified atom stereocenters. The zero-order chi connectivity index (χ0) is 15.1. The highest BCUT2D eigenvalue weighted by molar-refractivity contribution is 6.32. The number of carbonyl (C=O) groups is 1. The van der Waals surface area contributed by atoms with Gasteiger partial charge in [0.15, 0.2) is 0 Å². The van der Waals surface area contributed by atoms with Gasteiger partial charge in [-0.3, -0.25) is 9.48 Å². The molecule has 3 N–H and O–H groups in total. The molecule has 1 heterocycles. The predicted molar refractivity (Wildman–Crippen MR) is 81.9 cm³/mol. The molecular formula is C15H15ClN4O. The van der Waals surface area contributed by atoms with Crippen molar-refractivity contribution in [3.05, 3.63) is 52.8 Å². The third kappa shape index (κ3) is 4.35. The van der Waals surface area contributed by atoms with Crippen molar-refractivity contribution in [2.45, 2.75) is 6.54 Å². The maximum atomic E-state index is 12.0. The van der Waals surface area contributed by atoms with E-state index < -0.39 is 0 Å². The molecule has 0 aliphatic carbocycles. The summed E-state index contributed by atoms with van der Waals surface area (Å²) in [6.45, 7) is 1.38. The van der Waals surface area contributed by atoms with Gasteiger partial charge in [-0.25, -0.2) is 0 Å². The summed E-state index contributed by atoms with van der Waals surface area (Å²) in [5.41, 5.74) is 6.47. The molecule has 0 atom stereocenters. The number of halogens is 1. The van der Waals surface area contributed by atoms with E-state index in [4.69, 9.17) is 17.3 Å². The third-order valence-corrected chi connectivity index (χ3v) is 3.05. The highest BCUT2D eigenvalue weighted by atomic mass is 35.5. The molecule has 0 aliphatic rings. The number of benzene rings is 1. The first-order chi connectivity index (χ1) is 10.2. The second kappa shape index (κ2) is 7.48. The van der Waals surface area contributed by atoms with E-state index in [1.165, 1.54) is 0 Å². The Bertz CT molecular complexity index is 671. The van der Waals surface area contributed by atoms with Crippen LogP contribution in [0.1, 0.15) is 15.9 Å². The monoisotopic (exact) mass is 302 g/mol. The Morgan fingerprint density at radius 1 is 1.48 bits per heavy atom. The van der Waals surface area contributed by atoms with Gasteiger partial charge in [0.1, 0.15) is 0 Å². The highest BCUT2D eigenvalue weighted by Gasteiger charge is 2.07. The first kappa shape index (κ1) is 15.1. The molecule has 0 fully saturated rings. The summed E-state index contributed by atoms with van der Waals surface area (Å²) in [6.07, 6.45) is 3.54. The zero-order valence-corrected chi connectivity index (χ0v) is 12.1. The number of amides is 1. The van der Waals surface area contributed by atoms with E-state index in [0.29, 0.717) is 29.2 Å². The number of nitrogens with two attached hydrogens (primary N) is 1. The topological polar surface area (TPSA) is 72.9 Å². The Morgan fingerprint density at radius 2 is 2.33 bits per heavy atom. The van der Waals surface area contributed by atoms with Crippen LogP contribution in [0, 0.1) is 11.8 Å². The number of nitrogens with one attached hydrogen (secondary N) is 1. The summed E-state index contributed by atoms with van der Waals surface area (Å²) in [4.78, 5) is 12.0. The smallest absolute Gasteiger partial charge is 0.251 e. The normalized spacial score (nSPS) is 9.81. The summed E-state index contributed by atoms with van der Waals surface area (Å²) in [6, 6.07) is 6.84. The van der Waals surface area contributed by atoms with Crippen molar-refractivity contribution in [1.82, 2.24) is 15.1 Å². The average molecular weight is 303 g/mol. The van der Waals surface area contributed by atoms with Crippen molar-refractivity contribution < 1.29 is 4.79 Å². The summed E-state index contributed by atoms with van der Waals surface area (Å²) < 4.78 is 1.75. The molecule has 0 saturated heterocycles. The summed E-state index contributed by atoms with van der Waals surface area (Å²) >= 11 is 6.09. The van der Waals surface area contributed by atoms with Crippen LogP contribution in [0.25, 0.3) is 0 Å². The molecule has 2 rings (SSSR count). The number of carbonyl (C=O) groups excluding carboxylic acids is 1. The van der Waals surface area contributed by atoms with Crippen molar-refractivity contribution >= 4 is 17.5 Å². The number of nitrogens with zero attached hydrogens (tertiary/aromatic N) is 2. The van der Waals surface area contributed by atoms with Gasteiger partial charge in [0.05, 0.1) is 18.1 Å². The number of rotatable bonds is 4. The molecule has 0 aliphatic heterocycles. The summed E-state index contributed by atoms with van der Waals surface area (Å²) in [5, 5.41) is 7.31. The molecule has 0 radical (unpaired) electrons. The van der Waals surface area contributed by atoms with E-state index >= 15 is 0 Å². The minimum atomic E-state index is -0.178. The Hall–Kier alpha value is -2.29. The molecule has 1 amide bonds. The average Bonchev–Trinajstić information content (AvgIpc) is 2.99. The van der Waals surface area contributed by atoms with Gasteiger partial charge in [-0.2, -0.15) is 5.10 Å². The fourth-order valence-electron chi connectivity index (χ4n) is 1.72. The first-order valence-electron chi connectivity index (χ1n) is 6.45. The van der Waals surface area contributed by atoms with E-state index in [1.54, 1.807) is 29.1 Å². The van der Waals surface area contributed by atoms with Crippen LogP contribution in [0.2, 0.25) is 5.02 Å². The largest absolute Gasteiger partial charge is 0.350 e. The quantitative estimate of drug-likeness (QED) is 0.836. The van der Waals surface area contributed by atoms with Crippen molar-refractivity contribution in [2.75, 3.05) is 13.1 Å². The maximum absolute atomic E-state index is 12.0. The van der Waals surface area contributed by atoms with E-state index in [9.17, 15) is 4.79 Å². The van der Waals surface area contributed by atoms with E-state index in [1.807, 2.05) is 12.3 Å². The van der Waals surface area contributed by atoms with E-state index in [2.05, 4.69) is 22.3 Å². The van der Waals surface area contributed by atoms with Gasteiger partial charge in [0.2, 0.25) is 0 Å². The molecular weight excluding hydrogens is 288 g/mol. The zero-order valence-electron chi connectivity index (χ0n) is 11.3. The minimum Gasteiger partial charge on any atom is -0.350 e. The predicted octanol–water partition coefficient (Wildman–Crippen LogP) is 1.28. The van der Waals surface area contributed by atoms with Gasteiger partial charge in [-0.1, -0.05) is 23.4 Å². The molecule has 1 aromatic heterocycles. The lowest BCUT2D eigenvalue weighted by atomic mass is 10.1. The standard InChI is InChI=1S/C15H15ClN4O/c16-14-11-13(5-4-12(14)3-1-6-17)15(21)18-8-10-20-9-2-7-19-20/h2,4-5,7,9,11H,6,8,10,17H2,(H,18,21). The van der Waals surface area contributed by atoms with Gasteiger partial charge in [-0.05, 0) is 24.3 Å². The molecule has 0 bridgehead atoms. The fourth-order valence-corrected chi connectivity index (χ4v) is 1.95. The number of hydrogen-bond donors (Lipinski definition) is 2. The van der Waals surface area contributed by atoms with Crippen LogP contribution in [0.3, 0.4) is 0 Å². The summed E-state index contributed by atoms with van der Waals surface area (Å²) in [5.74, 6) is 5.40. The van der Waals surface area contributed by atoms with Gasteiger partial charge in [-0.15, -0.1) is 0 Å². The van der Waals surface area contributed by atoms with Crippen LogP contribution in [0.4, 0.5) is 0 Å². The van der Waals surface area contributed by atoms with Crippen molar-refractivity contribution in [3.8, 4) is 11.8 Å². The van der Waals surface area contributed by atoms with Crippen LogP contribution in [0.5, 0.6) is 0 Å². The third-order valence-electron chi connectivity index (χ3n) is 2.74. The second-order valence-electron chi connectivity index (χ2n) is 4.23. The van der Waals surface area contributed by atoms with Gasteiger partial charge < -0.3 is 11.1 Å². The first-order valence-corrected chi connectivity index (χ1v) is 6.82. The Balaban J connectivity index is 1.94. The summed E-state index contributed by atoms with van der Waals surface area (Å²) in [7, 11) is 0. The van der Waals surface area contributed by atoms with Gasteiger partial charge >= 0.3 is 0 Å². The van der Waals surface area contributed by atoms with E-state index in [0.717, 1.165) is 0 Å². The number of aromatic nitrogens is 2. The van der Waals surface area contributed by atoms with Crippen LogP contribution in [0.15, 0.2) is 36.7 Å².